The average Bonchev–Trinajstić information content (AvgIpc) is 1.25. The quantitative estimate of drug-likeness (QED) is 0.327. The van der Waals surface area contributed by atoms with E-state index in [1.165, 1.54) is 0 Å². The van der Waals surface area contributed by atoms with Gasteiger partial charge >= 0.3 is 96.4 Å². The van der Waals surface area contributed by atoms with Crippen LogP contribution in [-0.4, -0.2) is 52.5 Å². The van der Waals surface area contributed by atoms with Gasteiger partial charge < -0.3 is 0 Å². The molecule has 0 spiro atoms. The van der Waals surface area contributed by atoms with Gasteiger partial charge in [0.2, 0.25) is 0 Å². The normalized spacial score (nSPS) is 5.78. The molecule has 6 nitrogen and oxygen atoms in total. The molecule has 0 saturated heterocycles. The Morgan fingerprint density at radius 1 is 0.778 bits per heavy atom. The molecule has 52 valence electrons. The fraction of sp³-hybridized carbons (Fsp3) is 0. The third-order valence-corrected chi connectivity index (χ3v) is 0. The van der Waals surface area contributed by atoms with Crippen molar-refractivity contribution in [2.75, 3.05) is 0 Å². The molecule has 0 amide bonds. The predicted molar refractivity (Wildman–Crippen MR) is 18.8 cm³/mol. The maximum atomic E-state index is 8.81. The first-order chi connectivity index (χ1) is 3.46. The molecule has 0 fully saturated rings. The molecule has 0 aliphatic heterocycles. The van der Waals surface area contributed by atoms with E-state index in [2.05, 4.69) is 0 Å². The summed E-state index contributed by atoms with van der Waals surface area (Å²) in [5, 5.41) is 0. The molecule has 4 N–H and O–H groups in total. The van der Waals surface area contributed by atoms with E-state index in [4.69, 9.17) is 21.4 Å². The first-order valence-corrected chi connectivity index (χ1v) is 5.37. The fourth-order valence-corrected chi connectivity index (χ4v) is 0. The standard InChI is InChI=1S/Ca.4H2O.2O.2Ti.2H/h;4*1H2;;;;;;/q;;;;;;;2*+2;;/p-4. The van der Waals surface area contributed by atoms with Crippen molar-refractivity contribution < 1.29 is 58.6 Å². The Balaban J connectivity index is -0.0000000720. The molecule has 0 aliphatic rings. The molecule has 0 atom stereocenters. The van der Waals surface area contributed by atoms with Crippen LogP contribution in [-0.2, 0) is 43.9 Å². The van der Waals surface area contributed by atoms with Gasteiger partial charge in [0.15, 0.2) is 0 Å². The van der Waals surface area contributed by atoms with E-state index in [-0.39, 0.29) is 37.7 Å². The van der Waals surface area contributed by atoms with Gasteiger partial charge in [-0.05, 0) is 0 Å². The van der Waals surface area contributed by atoms with Crippen LogP contribution in [0.5, 0.6) is 0 Å². The molecular formula is H6CaO6Ti2. The van der Waals surface area contributed by atoms with Gasteiger partial charge in [-0.3, -0.25) is 0 Å². The van der Waals surface area contributed by atoms with Crippen LogP contribution in [0.3, 0.4) is 0 Å². The Morgan fingerprint density at radius 2 is 0.778 bits per heavy atom. The van der Waals surface area contributed by atoms with Crippen LogP contribution < -0.4 is 0 Å². The number of hydrogen-bond donors (Lipinski definition) is 4. The molecule has 0 aromatic rings. The van der Waals surface area contributed by atoms with E-state index < -0.39 is 37.2 Å². The van der Waals surface area contributed by atoms with E-state index in [0.717, 1.165) is 0 Å². The second-order valence-corrected chi connectivity index (χ2v) is 2.33. The van der Waals surface area contributed by atoms with Gasteiger partial charge in [-0.1, -0.05) is 0 Å². The second kappa shape index (κ2) is 12.8. The zero-order chi connectivity index (χ0) is 7.15. The van der Waals surface area contributed by atoms with Gasteiger partial charge in [-0.15, -0.1) is 0 Å². The van der Waals surface area contributed by atoms with Crippen molar-refractivity contribution in [3.8, 4) is 0 Å². The molecule has 9 heavy (non-hydrogen) atoms. The van der Waals surface area contributed by atoms with Crippen LogP contribution in [0.15, 0.2) is 0 Å². The summed E-state index contributed by atoms with van der Waals surface area (Å²) in [5.74, 6) is 0. The van der Waals surface area contributed by atoms with Crippen molar-refractivity contribution in [3.63, 3.8) is 0 Å². The number of hydrogen-bond acceptors (Lipinski definition) is 2. The van der Waals surface area contributed by atoms with Crippen LogP contribution in [0, 0.1) is 0 Å². The third-order valence-electron chi connectivity index (χ3n) is 0. The second-order valence-electron chi connectivity index (χ2n) is 0.565. The van der Waals surface area contributed by atoms with E-state index in [1.54, 1.807) is 0 Å². The zero-order valence-corrected chi connectivity index (χ0v) is 6.73. The minimum absolute atomic E-state index is 0. The van der Waals surface area contributed by atoms with Gasteiger partial charge in [-0.25, -0.2) is 0 Å². The summed E-state index contributed by atoms with van der Waals surface area (Å²) in [6.45, 7) is 0. The Labute approximate surface area is 94.7 Å². The molecule has 0 aliphatic carbocycles. The van der Waals surface area contributed by atoms with Crippen molar-refractivity contribution >= 4 is 37.7 Å². The Morgan fingerprint density at radius 3 is 0.778 bits per heavy atom. The summed E-state index contributed by atoms with van der Waals surface area (Å²) in [6.07, 6.45) is 0. The Bertz CT molecular complexity index is 69.1. The third kappa shape index (κ3) is 148. The van der Waals surface area contributed by atoms with Crippen LogP contribution >= 0.6 is 0 Å². The van der Waals surface area contributed by atoms with E-state index in [1.807, 2.05) is 0 Å². The topological polar surface area (TPSA) is 115 Å². The summed E-state index contributed by atoms with van der Waals surface area (Å²) >= 11 is -7.17. The SMILES string of the molecule is [CaH2].[O]=[Ti]([OH])[OH].[O]=[Ti]([OH])[OH]. The fourth-order valence-electron chi connectivity index (χ4n) is 0. The van der Waals surface area contributed by atoms with Crippen LogP contribution in [0.4, 0.5) is 0 Å². The monoisotopic (exact) mass is 238 g/mol. The van der Waals surface area contributed by atoms with Crippen LogP contribution in [0.1, 0.15) is 0 Å². The molecule has 0 aromatic carbocycles. The van der Waals surface area contributed by atoms with Crippen molar-refractivity contribution in [1.29, 1.82) is 0 Å². The van der Waals surface area contributed by atoms with E-state index in [0.29, 0.717) is 0 Å². The van der Waals surface area contributed by atoms with Crippen LogP contribution in [0.2, 0.25) is 0 Å². The molecule has 0 saturated carbocycles. The summed E-state index contributed by atoms with van der Waals surface area (Å²) in [4.78, 5) is 0. The van der Waals surface area contributed by atoms with Crippen molar-refractivity contribution in [2.24, 2.45) is 0 Å². The molecule has 0 aromatic heterocycles. The Kier molecular flexibility index (Phi) is 24.5. The molecular weight excluding hydrogens is 232 g/mol. The Hall–Kier alpha value is 2.13. The summed E-state index contributed by atoms with van der Waals surface area (Å²) in [5.41, 5.74) is 0. The summed E-state index contributed by atoms with van der Waals surface area (Å²) in [6, 6.07) is 0. The van der Waals surface area contributed by atoms with Crippen molar-refractivity contribution in [2.45, 2.75) is 0 Å². The maximum absolute atomic E-state index is 8.81. The predicted octanol–water partition coefficient (Wildman–Crippen LogP) is -3.39. The van der Waals surface area contributed by atoms with Gasteiger partial charge in [0.1, 0.15) is 0 Å². The number of rotatable bonds is 0. The molecule has 0 radical (unpaired) electrons. The van der Waals surface area contributed by atoms with E-state index >= 15 is 0 Å². The molecule has 0 bridgehead atoms. The van der Waals surface area contributed by atoms with Crippen LogP contribution in [0.25, 0.3) is 0 Å². The van der Waals surface area contributed by atoms with Gasteiger partial charge in [0.05, 0.1) is 0 Å². The summed E-state index contributed by atoms with van der Waals surface area (Å²) < 4.78 is 46.5. The van der Waals surface area contributed by atoms with E-state index in [9.17, 15) is 0 Å². The van der Waals surface area contributed by atoms with Gasteiger partial charge in [0.25, 0.3) is 0 Å². The average molecular weight is 238 g/mol. The van der Waals surface area contributed by atoms with Crippen molar-refractivity contribution in [3.05, 3.63) is 0 Å². The molecule has 0 unspecified atom stereocenters. The van der Waals surface area contributed by atoms with Crippen molar-refractivity contribution in [1.82, 2.24) is 0 Å². The first-order valence-electron chi connectivity index (χ1n) is 1.30. The molecule has 9 heteroatoms. The van der Waals surface area contributed by atoms with Gasteiger partial charge in [0, 0.05) is 0 Å². The first kappa shape index (κ1) is 17.3. The summed E-state index contributed by atoms with van der Waals surface area (Å²) in [7, 11) is 0. The minimum atomic E-state index is -3.58. The molecule has 0 rings (SSSR count). The zero-order valence-electron chi connectivity index (χ0n) is 3.61. The van der Waals surface area contributed by atoms with Gasteiger partial charge in [-0.2, -0.15) is 0 Å². The molecule has 0 heterocycles.